The van der Waals surface area contributed by atoms with Crippen molar-refractivity contribution in [3.63, 3.8) is 0 Å². The first-order valence-corrected chi connectivity index (χ1v) is 7.56. The molecule has 4 rings (SSSR count). The van der Waals surface area contributed by atoms with Crippen LogP contribution in [0.15, 0.2) is 12.2 Å². The van der Waals surface area contributed by atoms with Crippen LogP contribution in [0.25, 0.3) is 0 Å². The van der Waals surface area contributed by atoms with Gasteiger partial charge in [-0.3, -0.25) is 9.80 Å². The molecule has 0 saturated carbocycles. The number of fused-ring (bicyclic) bond motifs is 2. The number of nitrogens with zero attached hydrogens (tertiary/aromatic N) is 2. The Kier molecular flexibility index (Phi) is 2.55. The third-order valence-electron chi connectivity index (χ3n) is 5.66. The molecular formula is C15H24N2. The SMILES string of the molecule is C1=CCN2C[C@@H]3CCCN4CCC[C@@H]([C@H]34)[C@H]2C1. The van der Waals surface area contributed by atoms with E-state index in [-0.39, 0.29) is 0 Å². The molecule has 4 atom stereocenters. The summed E-state index contributed by atoms with van der Waals surface area (Å²) in [5.74, 6) is 1.96. The highest BCUT2D eigenvalue weighted by Gasteiger charge is 2.48. The summed E-state index contributed by atoms with van der Waals surface area (Å²) in [6, 6.07) is 1.83. The van der Waals surface area contributed by atoms with Crippen LogP contribution in [0, 0.1) is 11.8 Å². The first kappa shape index (κ1) is 10.6. The largest absolute Gasteiger partial charge is 0.300 e. The standard InChI is InChI=1S/C15H24N2/c1-2-8-17-11-12-5-3-9-16-10-4-6-13(15(12)16)14(17)7-1/h1-2,12-15H,3-11H2/t12-,13+,14+,15-/m0/s1. The fraction of sp³-hybridized carbons (Fsp3) is 0.867. The van der Waals surface area contributed by atoms with Crippen molar-refractivity contribution < 1.29 is 0 Å². The highest BCUT2D eigenvalue weighted by Crippen LogP contribution is 2.43. The Hall–Kier alpha value is -0.340. The van der Waals surface area contributed by atoms with Gasteiger partial charge in [0, 0.05) is 25.2 Å². The third kappa shape index (κ3) is 1.61. The molecule has 4 heterocycles. The fourth-order valence-electron chi connectivity index (χ4n) is 5.06. The number of hydrogen-bond acceptors (Lipinski definition) is 2. The van der Waals surface area contributed by atoms with Crippen LogP contribution in [0.2, 0.25) is 0 Å². The molecule has 94 valence electrons. The molecule has 0 aromatic carbocycles. The fourth-order valence-corrected chi connectivity index (χ4v) is 5.06. The summed E-state index contributed by atoms with van der Waals surface area (Å²) in [5, 5.41) is 0. The maximum atomic E-state index is 2.85. The summed E-state index contributed by atoms with van der Waals surface area (Å²) in [6.07, 6.45) is 12.0. The molecule has 0 N–H and O–H groups in total. The van der Waals surface area contributed by atoms with Gasteiger partial charge in [-0.25, -0.2) is 0 Å². The van der Waals surface area contributed by atoms with E-state index in [4.69, 9.17) is 0 Å². The average Bonchev–Trinajstić information content (AvgIpc) is 2.39. The van der Waals surface area contributed by atoms with E-state index in [0.29, 0.717) is 0 Å². The van der Waals surface area contributed by atoms with Gasteiger partial charge in [-0.2, -0.15) is 0 Å². The molecule has 0 spiro atoms. The van der Waals surface area contributed by atoms with Gasteiger partial charge in [-0.15, -0.1) is 0 Å². The van der Waals surface area contributed by atoms with Crippen LogP contribution in [0.4, 0.5) is 0 Å². The van der Waals surface area contributed by atoms with E-state index in [1.54, 1.807) is 0 Å². The van der Waals surface area contributed by atoms with Crippen molar-refractivity contribution >= 4 is 0 Å². The predicted octanol–water partition coefficient (Wildman–Crippen LogP) is 2.12. The van der Waals surface area contributed by atoms with Gasteiger partial charge in [-0.05, 0) is 57.0 Å². The molecule has 0 aliphatic carbocycles. The Bertz CT molecular complexity index is 323. The van der Waals surface area contributed by atoms with E-state index in [1.807, 2.05) is 0 Å². The summed E-state index contributed by atoms with van der Waals surface area (Å²) in [6.45, 7) is 5.39. The van der Waals surface area contributed by atoms with Gasteiger partial charge in [0.25, 0.3) is 0 Å². The summed E-state index contributed by atoms with van der Waals surface area (Å²) < 4.78 is 0. The van der Waals surface area contributed by atoms with Gasteiger partial charge in [0.15, 0.2) is 0 Å². The molecule has 0 aromatic rings. The van der Waals surface area contributed by atoms with Crippen LogP contribution < -0.4 is 0 Å². The summed E-state index contributed by atoms with van der Waals surface area (Å²) >= 11 is 0. The first-order valence-electron chi connectivity index (χ1n) is 7.56. The maximum Gasteiger partial charge on any atom is 0.0179 e. The lowest BCUT2D eigenvalue weighted by Gasteiger charge is -2.58. The zero-order valence-corrected chi connectivity index (χ0v) is 10.7. The van der Waals surface area contributed by atoms with Gasteiger partial charge in [-0.1, -0.05) is 12.2 Å². The first-order chi connectivity index (χ1) is 8.43. The van der Waals surface area contributed by atoms with Crippen molar-refractivity contribution in [2.45, 2.75) is 44.2 Å². The molecule has 0 amide bonds. The van der Waals surface area contributed by atoms with E-state index >= 15 is 0 Å². The molecule has 4 aliphatic rings. The molecule has 0 radical (unpaired) electrons. The molecule has 3 fully saturated rings. The molecule has 2 heteroatoms. The molecular weight excluding hydrogens is 208 g/mol. The van der Waals surface area contributed by atoms with E-state index < -0.39 is 0 Å². The van der Waals surface area contributed by atoms with Crippen molar-refractivity contribution in [3.8, 4) is 0 Å². The smallest absolute Gasteiger partial charge is 0.0179 e. The van der Waals surface area contributed by atoms with E-state index in [1.165, 1.54) is 58.3 Å². The van der Waals surface area contributed by atoms with Gasteiger partial charge in [0.1, 0.15) is 0 Å². The maximum absolute atomic E-state index is 2.85. The highest BCUT2D eigenvalue weighted by atomic mass is 15.3. The lowest BCUT2D eigenvalue weighted by atomic mass is 9.69. The van der Waals surface area contributed by atoms with Crippen LogP contribution in [0.1, 0.15) is 32.1 Å². The van der Waals surface area contributed by atoms with E-state index in [0.717, 1.165) is 23.9 Å². The second kappa shape index (κ2) is 4.10. The van der Waals surface area contributed by atoms with Gasteiger partial charge in [0.05, 0.1) is 0 Å². The second-order valence-corrected chi connectivity index (χ2v) is 6.46. The van der Waals surface area contributed by atoms with Crippen molar-refractivity contribution in [3.05, 3.63) is 12.2 Å². The summed E-state index contributed by atoms with van der Waals surface area (Å²) in [7, 11) is 0. The summed E-state index contributed by atoms with van der Waals surface area (Å²) in [4.78, 5) is 5.64. The molecule has 4 aliphatic heterocycles. The third-order valence-corrected chi connectivity index (χ3v) is 5.66. The monoisotopic (exact) mass is 232 g/mol. The molecule has 3 saturated heterocycles. The van der Waals surface area contributed by atoms with Crippen LogP contribution in [-0.4, -0.2) is 48.1 Å². The predicted molar refractivity (Wildman–Crippen MR) is 69.9 cm³/mol. The van der Waals surface area contributed by atoms with E-state index in [9.17, 15) is 0 Å². The van der Waals surface area contributed by atoms with Crippen molar-refractivity contribution in [1.82, 2.24) is 9.80 Å². The van der Waals surface area contributed by atoms with Crippen LogP contribution in [0.5, 0.6) is 0 Å². The van der Waals surface area contributed by atoms with Crippen molar-refractivity contribution in [2.75, 3.05) is 26.2 Å². The minimum absolute atomic E-state index is 0.877. The van der Waals surface area contributed by atoms with Gasteiger partial charge < -0.3 is 0 Å². The number of hydrogen-bond donors (Lipinski definition) is 0. The number of rotatable bonds is 0. The lowest BCUT2D eigenvalue weighted by Crippen LogP contribution is -2.65. The van der Waals surface area contributed by atoms with Crippen molar-refractivity contribution in [2.24, 2.45) is 11.8 Å². The topological polar surface area (TPSA) is 6.48 Å². The van der Waals surface area contributed by atoms with Gasteiger partial charge >= 0.3 is 0 Å². The van der Waals surface area contributed by atoms with Crippen LogP contribution in [0.3, 0.4) is 0 Å². The van der Waals surface area contributed by atoms with Crippen LogP contribution >= 0.6 is 0 Å². The van der Waals surface area contributed by atoms with Crippen molar-refractivity contribution in [1.29, 1.82) is 0 Å². The Morgan fingerprint density at radius 1 is 0.941 bits per heavy atom. The summed E-state index contributed by atoms with van der Waals surface area (Å²) in [5.41, 5.74) is 0. The Balaban J connectivity index is 1.65. The zero-order chi connectivity index (χ0) is 11.2. The second-order valence-electron chi connectivity index (χ2n) is 6.46. The molecule has 17 heavy (non-hydrogen) atoms. The molecule has 0 aromatic heterocycles. The normalized spacial score (nSPS) is 46.4. The van der Waals surface area contributed by atoms with Crippen LogP contribution in [-0.2, 0) is 0 Å². The molecule has 2 nitrogen and oxygen atoms in total. The van der Waals surface area contributed by atoms with E-state index in [2.05, 4.69) is 22.0 Å². The Morgan fingerprint density at radius 3 is 2.76 bits per heavy atom. The minimum atomic E-state index is 0.877. The lowest BCUT2D eigenvalue weighted by molar-refractivity contribution is -0.0734. The molecule has 0 bridgehead atoms. The Morgan fingerprint density at radius 2 is 1.82 bits per heavy atom. The Labute approximate surface area is 105 Å². The number of piperidine rings is 3. The van der Waals surface area contributed by atoms with Gasteiger partial charge in [0.2, 0.25) is 0 Å². The average molecular weight is 232 g/mol. The molecule has 0 unspecified atom stereocenters. The quantitative estimate of drug-likeness (QED) is 0.590. The zero-order valence-electron chi connectivity index (χ0n) is 10.7. The minimum Gasteiger partial charge on any atom is -0.300 e. The highest BCUT2D eigenvalue weighted by molar-refractivity contribution is 5.08.